The maximum atomic E-state index is 5.92. The topological polar surface area (TPSA) is 54.2 Å². The van der Waals surface area contributed by atoms with E-state index in [-0.39, 0.29) is 6.04 Å². The maximum Gasteiger partial charge on any atom is 0.191 e. The summed E-state index contributed by atoms with van der Waals surface area (Å²) in [7, 11) is 3.80. The zero-order valence-electron chi connectivity index (χ0n) is 16.4. The minimum Gasteiger partial charge on any atom is -0.356 e. The lowest BCUT2D eigenvalue weighted by Gasteiger charge is -2.18. The Labute approximate surface area is 161 Å². The molecule has 2 N–H and O–H groups in total. The minimum atomic E-state index is 0.277. The third-order valence-electron chi connectivity index (χ3n) is 4.62. The molecule has 0 spiro atoms. The van der Waals surface area contributed by atoms with Crippen molar-refractivity contribution < 1.29 is 0 Å². The van der Waals surface area contributed by atoms with E-state index >= 15 is 0 Å². The molecule has 0 aliphatic carbocycles. The smallest absolute Gasteiger partial charge is 0.191 e. The summed E-state index contributed by atoms with van der Waals surface area (Å²) in [5, 5.41) is 12.1. The lowest BCUT2D eigenvalue weighted by molar-refractivity contribution is 0.631. The second kappa shape index (κ2) is 9.62. The molecule has 1 unspecified atom stereocenters. The van der Waals surface area contributed by atoms with Gasteiger partial charge in [0.05, 0.1) is 5.69 Å². The minimum absolute atomic E-state index is 0.277. The fraction of sp³-hybridized carbons (Fsp3) is 0.500. The number of halogens is 1. The van der Waals surface area contributed by atoms with Crippen LogP contribution in [0.2, 0.25) is 5.02 Å². The lowest BCUT2D eigenvalue weighted by Crippen LogP contribution is -2.43. The number of rotatable bonds is 7. The van der Waals surface area contributed by atoms with Crippen LogP contribution in [0.5, 0.6) is 0 Å². The van der Waals surface area contributed by atoms with Crippen LogP contribution in [0.1, 0.15) is 35.9 Å². The fourth-order valence-corrected chi connectivity index (χ4v) is 3.17. The molecule has 0 bridgehead atoms. The van der Waals surface area contributed by atoms with Gasteiger partial charge < -0.3 is 10.6 Å². The first kappa shape index (κ1) is 20.3. The van der Waals surface area contributed by atoms with Gasteiger partial charge in [-0.05, 0) is 63.3 Å². The summed E-state index contributed by atoms with van der Waals surface area (Å²) in [4.78, 5) is 4.33. The SMILES string of the molecule is CN=C(NCCCc1ccc(Cl)cc1)NC(C)Cc1c(C)nn(C)c1C. The van der Waals surface area contributed by atoms with Crippen molar-refractivity contribution in [1.82, 2.24) is 20.4 Å². The largest absolute Gasteiger partial charge is 0.356 e. The predicted octanol–water partition coefficient (Wildman–Crippen LogP) is 3.42. The van der Waals surface area contributed by atoms with Crippen LogP contribution < -0.4 is 10.6 Å². The van der Waals surface area contributed by atoms with Crippen LogP contribution in [0.15, 0.2) is 29.3 Å². The first-order valence-corrected chi connectivity index (χ1v) is 9.49. The molecule has 0 radical (unpaired) electrons. The molecule has 0 fully saturated rings. The average molecular weight is 376 g/mol. The maximum absolute atomic E-state index is 5.92. The molecular formula is C20H30ClN5. The van der Waals surface area contributed by atoms with Gasteiger partial charge in [0.2, 0.25) is 0 Å². The summed E-state index contributed by atoms with van der Waals surface area (Å²) in [6.07, 6.45) is 2.99. The van der Waals surface area contributed by atoms with Gasteiger partial charge in [0, 0.05) is 37.4 Å². The molecule has 2 aromatic rings. The second-order valence-corrected chi connectivity index (χ2v) is 7.19. The lowest BCUT2D eigenvalue weighted by atomic mass is 10.1. The number of nitrogens with one attached hydrogen (secondary N) is 2. The molecule has 0 saturated heterocycles. The van der Waals surface area contributed by atoms with E-state index in [9.17, 15) is 0 Å². The van der Waals surface area contributed by atoms with Gasteiger partial charge in [-0.2, -0.15) is 5.10 Å². The normalized spacial score (nSPS) is 12.9. The number of aryl methyl sites for hydroxylation is 3. The predicted molar refractivity (Wildman–Crippen MR) is 110 cm³/mol. The van der Waals surface area contributed by atoms with Gasteiger partial charge in [-0.25, -0.2) is 0 Å². The van der Waals surface area contributed by atoms with E-state index in [2.05, 4.69) is 53.6 Å². The fourth-order valence-electron chi connectivity index (χ4n) is 3.05. The van der Waals surface area contributed by atoms with Crippen molar-refractivity contribution in [2.24, 2.45) is 12.0 Å². The molecule has 142 valence electrons. The van der Waals surface area contributed by atoms with Gasteiger partial charge in [-0.3, -0.25) is 9.67 Å². The first-order valence-electron chi connectivity index (χ1n) is 9.11. The summed E-state index contributed by atoms with van der Waals surface area (Å²) in [5.74, 6) is 0.841. The van der Waals surface area contributed by atoms with Gasteiger partial charge in [0.15, 0.2) is 5.96 Å². The molecule has 1 heterocycles. The molecule has 0 aliphatic rings. The van der Waals surface area contributed by atoms with Crippen LogP contribution in [-0.2, 0) is 19.9 Å². The van der Waals surface area contributed by atoms with Gasteiger partial charge in [-0.1, -0.05) is 23.7 Å². The third kappa shape index (κ3) is 5.77. The number of hydrogen-bond donors (Lipinski definition) is 2. The van der Waals surface area contributed by atoms with Crippen LogP contribution in [0.25, 0.3) is 0 Å². The zero-order chi connectivity index (χ0) is 19.1. The molecule has 5 nitrogen and oxygen atoms in total. The molecule has 26 heavy (non-hydrogen) atoms. The third-order valence-corrected chi connectivity index (χ3v) is 4.88. The number of benzene rings is 1. The molecular weight excluding hydrogens is 346 g/mol. The summed E-state index contributed by atoms with van der Waals surface area (Å²) >= 11 is 5.92. The molecule has 0 aliphatic heterocycles. The van der Waals surface area contributed by atoms with Crippen LogP contribution >= 0.6 is 11.6 Å². The average Bonchev–Trinajstić information content (AvgIpc) is 2.85. The van der Waals surface area contributed by atoms with Crippen LogP contribution in [0.3, 0.4) is 0 Å². The van der Waals surface area contributed by atoms with E-state index in [1.54, 1.807) is 0 Å². The van der Waals surface area contributed by atoms with Gasteiger partial charge >= 0.3 is 0 Å². The molecule has 6 heteroatoms. The van der Waals surface area contributed by atoms with Gasteiger partial charge in [0.1, 0.15) is 0 Å². The number of nitrogens with zero attached hydrogens (tertiary/aromatic N) is 3. The Morgan fingerprint density at radius 1 is 1.27 bits per heavy atom. The van der Waals surface area contributed by atoms with Crippen molar-refractivity contribution in [3.8, 4) is 0 Å². The van der Waals surface area contributed by atoms with Crippen molar-refractivity contribution in [1.29, 1.82) is 0 Å². The van der Waals surface area contributed by atoms with Crippen molar-refractivity contribution >= 4 is 17.6 Å². The number of hydrogen-bond acceptors (Lipinski definition) is 2. The van der Waals surface area contributed by atoms with E-state index in [0.29, 0.717) is 0 Å². The van der Waals surface area contributed by atoms with E-state index < -0.39 is 0 Å². The molecule has 0 amide bonds. The first-order chi connectivity index (χ1) is 12.4. The monoisotopic (exact) mass is 375 g/mol. The number of aromatic nitrogens is 2. The highest BCUT2D eigenvalue weighted by atomic mass is 35.5. The molecule has 1 aromatic carbocycles. The molecule has 1 atom stereocenters. The highest BCUT2D eigenvalue weighted by Gasteiger charge is 2.13. The Hall–Kier alpha value is -2.01. The number of aliphatic imine (C=N–C) groups is 1. The second-order valence-electron chi connectivity index (χ2n) is 6.75. The van der Waals surface area contributed by atoms with Gasteiger partial charge in [-0.15, -0.1) is 0 Å². The van der Waals surface area contributed by atoms with E-state index in [1.165, 1.54) is 16.8 Å². The van der Waals surface area contributed by atoms with Gasteiger partial charge in [0.25, 0.3) is 0 Å². The van der Waals surface area contributed by atoms with E-state index in [1.807, 2.05) is 30.9 Å². The van der Waals surface area contributed by atoms with E-state index in [4.69, 9.17) is 11.6 Å². The summed E-state index contributed by atoms with van der Waals surface area (Å²) < 4.78 is 1.95. The Morgan fingerprint density at radius 2 is 1.96 bits per heavy atom. The van der Waals surface area contributed by atoms with Crippen molar-refractivity contribution in [3.05, 3.63) is 51.8 Å². The number of guanidine groups is 1. The zero-order valence-corrected chi connectivity index (χ0v) is 17.2. The Morgan fingerprint density at radius 3 is 2.54 bits per heavy atom. The molecule has 0 saturated carbocycles. The standard InChI is InChI=1S/C20H30ClN5/c1-14(13-19-15(2)25-26(5)16(19)3)24-20(22-4)23-12-6-7-17-8-10-18(21)11-9-17/h8-11,14H,6-7,12-13H2,1-5H3,(H2,22,23,24). The summed E-state index contributed by atoms with van der Waals surface area (Å²) in [6.45, 7) is 7.23. The Kier molecular flexibility index (Phi) is 7.51. The Bertz CT molecular complexity index is 733. The van der Waals surface area contributed by atoms with Crippen molar-refractivity contribution in [2.45, 2.75) is 46.1 Å². The highest BCUT2D eigenvalue weighted by molar-refractivity contribution is 6.30. The highest BCUT2D eigenvalue weighted by Crippen LogP contribution is 2.14. The quantitative estimate of drug-likeness (QED) is 0.443. The van der Waals surface area contributed by atoms with Crippen LogP contribution in [0, 0.1) is 13.8 Å². The Balaban J connectivity index is 1.77. The summed E-state index contributed by atoms with van der Waals surface area (Å²) in [6, 6.07) is 8.31. The van der Waals surface area contributed by atoms with E-state index in [0.717, 1.165) is 42.5 Å². The molecule has 1 aromatic heterocycles. The summed E-state index contributed by atoms with van der Waals surface area (Å²) in [5.41, 5.74) is 4.94. The molecule has 2 rings (SSSR count). The van der Waals surface area contributed by atoms with Crippen molar-refractivity contribution in [3.63, 3.8) is 0 Å². The van der Waals surface area contributed by atoms with Crippen molar-refractivity contribution in [2.75, 3.05) is 13.6 Å². The van der Waals surface area contributed by atoms with Crippen LogP contribution in [-0.4, -0.2) is 35.4 Å². The van der Waals surface area contributed by atoms with Crippen LogP contribution in [0.4, 0.5) is 0 Å².